The van der Waals surface area contributed by atoms with Gasteiger partial charge in [0.1, 0.15) is 6.61 Å². The summed E-state index contributed by atoms with van der Waals surface area (Å²) in [6, 6.07) is 9.79. The highest BCUT2D eigenvalue weighted by molar-refractivity contribution is 5.70. The lowest BCUT2D eigenvalue weighted by Crippen LogP contribution is -2.32. The Labute approximate surface area is 127 Å². The maximum Gasteiger partial charge on any atom is 0.306 e. The van der Waals surface area contributed by atoms with Crippen LogP contribution in [-0.4, -0.2) is 12.2 Å². The zero-order valence-electron chi connectivity index (χ0n) is 12.9. The third-order valence-corrected chi connectivity index (χ3v) is 4.69. The molecule has 1 aromatic carbocycles. The molecule has 0 heterocycles. The number of ether oxygens (including phenoxy) is 1. The minimum absolute atomic E-state index is 0.101. The van der Waals surface area contributed by atoms with Crippen molar-refractivity contribution in [2.75, 3.05) is 0 Å². The molecule has 1 aliphatic rings. The van der Waals surface area contributed by atoms with E-state index in [1.54, 1.807) is 6.21 Å². The van der Waals surface area contributed by atoms with Crippen LogP contribution in [0.5, 0.6) is 0 Å². The second-order valence-electron chi connectivity index (χ2n) is 6.37. The first-order chi connectivity index (χ1) is 10.1. The van der Waals surface area contributed by atoms with Crippen molar-refractivity contribution in [2.45, 2.75) is 39.7 Å². The van der Waals surface area contributed by atoms with Crippen LogP contribution in [0, 0.1) is 29.1 Å². The molecule has 2 unspecified atom stereocenters. The maximum atomic E-state index is 12.1. The number of carbonyl (C=O) groups excluding carboxylic acids is 1. The van der Waals surface area contributed by atoms with Crippen LogP contribution in [0.4, 0.5) is 0 Å². The zero-order valence-corrected chi connectivity index (χ0v) is 12.9. The SMILES string of the molecule is CC1CC(C=N)CC(C)C1CC(=O)OCc1ccccc1. The van der Waals surface area contributed by atoms with Crippen LogP contribution in [0.3, 0.4) is 0 Å². The third kappa shape index (κ3) is 4.42. The highest BCUT2D eigenvalue weighted by atomic mass is 16.5. The van der Waals surface area contributed by atoms with Crippen LogP contribution in [0.15, 0.2) is 30.3 Å². The van der Waals surface area contributed by atoms with E-state index in [1.165, 1.54) is 0 Å². The summed E-state index contributed by atoms with van der Waals surface area (Å²) in [4.78, 5) is 12.1. The van der Waals surface area contributed by atoms with Crippen LogP contribution in [-0.2, 0) is 16.1 Å². The molecule has 0 aromatic heterocycles. The van der Waals surface area contributed by atoms with Crippen molar-refractivity contribution in [3.63, 3.8) is 0 Å². The van der Waals surface area contributed by atoms with Crippen molar-refractivity contribution in [1.29, 1.82) is 5.41 Å². The fourth-order valence-electron chi connectivity index (χ4n) is 3.49. The molecular formula is C18H25NO2. The first-order valence-corrected chi connectivity index (χ1v) is 7.80. The Morgan fingerprint density at radius 3 is 2.43 bits per heavy atom. The molecule has 1 saturated carbocycles. The summed E-state index contributed by atoms with van der Waals surface area (Å²) in [5, 5.41) is 7.43. The summed E-state index contributed by atoms with van der Waals surface area (Å²) in [7, 11) is 0. The highest BCUT2D eigenvalue weighted by Crippen LogP contribution is 2.39. The first kappa shape index (κ1) is 15.7. The first-order valence-electron chi connectivity index (χ1n) is 7.80. The molecule has 1 N–H and O–H groups in total. The lowest BCUT2D eigenvalue weighted by atomic mass is 9.68. The van der Waals surface area contributed by atoms with E-state index in [0.29, 0.717) is 36.7 Å². The second-order valence-corrected chi connectivity index (χ2v) is 6.37. The van der Waals surface area contributed by atoms with Gasteiger partial charge < -0.3 is 10.1 Å². The molecule has 0 spiro atoms. The summed E-state index contributed by atoms with van der Waals surface area (Å²) in [5.74, 6) is 1.61. The minimum atomic E-state index is -0.101. The van der Waals surface area contributed by atoms with Crippen LogP contribution in [0.2, 0.25) is 0 Å². The molecule has 3 heteroatoms. The van der Waals surface area contributed by atoms with Crippen LogP contribution < -0.4 is 0 Å². The van der Waals surface area contributed by atoms with E-state index in [-0.39, 0.29) is 5.97 Å². The fraction of sp³-hybridized carbons (Fsp3) is 0.556. The summed E-state index contributed by atoms with van der Waals surface area (Å²) in [5.41, 5.74) is 1.03. The van der Waals surface area contributed by atoms with Gasteiger partial charge >= 0.3 is 5.97 Å². The Morgan fingerprint density at radius 1 is 1.24 bits per heavy atom. The largest absolute Gasteiger partial charge is 0.461 e. The van der Waals surface area contributed by atoms with E-state index >= 15 is 0 Å². The number of hydrogen-bond donors (Lipinski definition) is 1. The molecule has 0 aliphatic heterocycles. The molecule has 2 atom stereocenters. The molecule has 0 saturated heterocycles. The van der Waals surface area contributed by atoms with Crippen LogP contribution in [0.1, 0.15) is 38.7 Å². The summed E-state index contributed by atoms with van der Waals surface area (Å²) in [6.07, 6.45) is 4.10. The normalized spacial score (nSPS) is 28.9. The van der Waals surface area contributed by atoms with Gasteiger partial charge in [0.25, 0.3) is 0 Å². The monoisotopic (exact) mass is 287 g/mol. The summed E-state index contributed by atoms with van der Waals surface area (Å²) in [6.45, 7) is 4.75. The average Bonchev–Trinajstić information content (AvgIpc) is 2.49. The van der Waals surface area contributed by atoms with Gasteiger partial charge in [-0.3, -0.25) is 4.79 Å². The van der Waals surface area contributed by atoms with E-state index in [2.05, 4.69) is 13.8 Å². The molecule has 0 amide bonds. The van der Waals surface area contributed by atoms with Crippen molar-refractivity contribution < 1.29 is 9.53 Å². The van der Waals surface area contributed by atoms with Crippen molar-refractivity contribution in [3.05, 3.63) is 35.9 Å². The number of esters is 1. The van der Waals surface area contributed by atoms with Crippen molar-refractivity contribution in [2.24, 2.45) is 23.7 Å². The van der Waals surface area contributed by atoms with E-state index in [9.17, 15) is 4.79 Å². The topological polar surface area (TPSA) is 50.2 Å². The predicted molar refractivity (Wildman–Crippen MR) is 84.2 cm³/mol. The summed E-state index contributed by atoms with van der Waals surface area (Å²) >= 11 is 0. The number of rotatable bonds is 5. The minimum Gasteiger partial charge on any atom is -0.461 e. The Hall–Kier alpha value is -1.64. The smallest absolute Gasteiger partial charge is 0.306 e. The van der Waals surface area contributed by atoms with E-state index < -0.39 is 0 Å². The predicted octanol–water partition coefficient (Wildman–Crippen LogP) is 4.07. The highest BCUT2D eigenvalue weighted by Gasteiger charge is 2.33. The Morgan fingerprint density at radius 2 is 1.86 bits per heavy atom. The Bertz CT molecular complexity index is 459. The van der Waals surface area contributed by atoms with Crippen molar-refractivity contribution in [3.8, 4) is 0 Å². The van der Waals surface area contributed by atoms with E-state index in [1.807, 2.05) is 30.3 Å². The van der Waals surface area contributed by atoms with Gasteiger partial charge in [-0.15, -0.1) is 0 Å². The van der Waals surface area contributed by atoms with Gasteiger partial charge in [-0.1, -0.05) is 44.2 Å². The molecule has 0 bridgehead atoms. The number of benzene rings is 1. The molecule has 0 radical (unpaired) electrons. The van der Waals surface area contributed by atoms with Gasteiger partial charge in [0.05, 0.1) is 0 Å². The van der Waals surface area contributed by atoms with Gasteiger partial charge in [0.2, 0.25) is 0 Å². The summed E-state index contributed by atoms with van der Waals surface area (Å²) < 4.78 is 5.40. The number of nitrogens with one attached hydrogen (secondary N) is 1. The van der Waals surface area contributed by atoms with E-state index in [0.717, 1.165) is 18.4 Å². The van der Waals surface area contributed by atoms with Gasteiger partial charge in [0.15, 0.2) is 0 Å². The van der Waals surface area contributed by atoms with Gasteiger partial charge in [-0.05, 0) is 48.3 Å². The zero-order chi connectivity index (χ0) is 15.2. The van der Waals surface area contributed by atoms with Crippen molar-refractivity contribution in [1.82, 2.24) is 0 Å². The molecule has 21 heavy (non-hydrogen) atoms. The Balaban J connectivity index is 1.83. The molecule has 2 rings (SSSR count). The molecule has 1 fully saturated rings. The molecule has 1 aliphatic carbocycles. The lowest BCUT2D eigenvalue weighted by Gasteiger charge is -2.37. The van der Waals surface area contributed by atoms with Gasteiger partial charge in [-0.25, -0.2) is 0 Å². The van der Waals surface area contributed by atoms with Gasteiger partial charge in [0, 0.05) is 6.42 Å². The van der Waals surface area contributed by atoms with Crippen molar-refractivity contribution >= 4 is 12.2 Å². The van der Waals surface area contributed by atoms with Crippen LogP contribution >= 0.6 is 0 Å². The molecule has 1 aromatic rings. The second kappa shape index (κ2) is 7.39. The number of hydrogen-bond acceptors (Lipinski definition) is 3. The number of carbonyl (C=O) groups is 1. The quantitative estimate of drug-likeness (QED) is 0.655. The van der Waals surface area contributed by atoms with Gasteiger partial charge in [-0.2, -0.15) is 0 Å². The Kier molecular flexibility index (Phi) is 5.54. The van der Waals surface area contributed by atoms with Crippen LogP contribution in [0.25, 0.3) is 0 Å². The fourth-order valence-corrected chi connectivity index (χ4v) is 3.49. The molecule has 3 nitrogen and oxygen atoms in total. The standard InChI is InChI=1S/C18H25NO2/c1-13-8-16(11-19)9-14(2)17(13)10-18(20)21-12-15-6-4-3-5-7-15/h3-7,11,13-14,16-17,19H,8-10,12H2,1-2H3. The molecular weight excluding hydrogens is 262 g/mol. The lowest BCUT2D eigenvalue weighted by molar-refractivity contribution is -0.147. The maximum absolute atomic E-state index is 12.1. The molecule has 114 valence electrons. The average molecular weight is 287 g/mol. The van der Waals surface area contributed by atoms with E-state index in [4.69, 9.17) is 10.1 Å². The third-order valence-electron chi connectivity index (χ3n) is 4.69.